The van der Waals surface area contributed by atoms with E-state index in [1.165, 1.54) is 10.9 Å². The molecule has 0 saturated heterocycles. The third kappa shape index (κ3) is 3.39. The van der Waals surface area contributed by atoms with Crippen molar-refractivity contribution < 1.29 is 18.7 Å². The fourth-order valence-electron chi connectivity index (χ4n) is 3.88. The lowest BCUT2D eigenvalue weighted by Crippen LogP contribution is -2.27. The van der Waals surface area contributed by atoms with Gasteiger partial charge in [0.1, 0.15) is 35.2 Å². The summed E-state index contributed by atoms with van der Waals surface area (Å²) in [4.78, 5) is 29.9. The average molecular weight is 419 g/mol. The van der Waals surface area contributed by atoms with Crippen LogP contribution in [0, 0.1) is 0 Å². The van der Waals surface area contributed by atoms with E-state index >= 15 is 0 Å². The Hall–Kier alpha value is -3.81. The summed E-state index contributed by atoms with van der Waals surface area (Å²) >= 11 is 0. The normalized spacial score (nSPS) is 15.1. The molecule has 1 N–H and O–H groups in total. The first-order chi connectivity index (χ1) is 15.0. The van der Waals surface area contributed by atoms with Crippen LogP contribution in [-0.4, -0.2) is 28.2 Å². The second kappa shape index (κ2) is 7.46. The minimum absolute atomic E-state index is 0.0793. The largest absolute Gasteiger partial charge is 0.492 e. The highest BCUT2D eigenvalue weighted by Gasteiger charge is 2.23. The summed E-state index contributed by atoms with van der Waals surface area (Å²) in [7, 11) is 0. The van der Waals surface area contributed by atoms with E-state index in [1.807, 2.05) is 38.1 Å². The molecular formula is C23H21N3O5. The van der Waals surface area contributed by atoms with Gasteiger partial charge in [-0.25, -0.2) is 4.98 Å². The van der Waals surface area contributed by atoms with Crippen molar-refractivity contribution in [3.05, 3.63) is 58.6 Å². The minimum atomic E-state index is -0.410. The van der Waals surface area contributed by atoms with Crippen LogP contribution in [0.4, 0.5) is 5.69 Å². The van der Waals surface area contributed by atoms with E-state index in [1.54, 1.807) is 12.1 Å². The molecule has 0 saturated carbocycles. The third-order valence-electron chi connectivity index (χ3n) is 5.24. The quantitative estimate of drug-likeness (QED) is 0.532. The first-order valence-corrected chi connectivity index (χ1v) is 10.2. The van der Waals surface area contributed by atoms with Crippen LogP contribution in [0.3, 0.4) is 0 Å². The molecule has 2 aromatic carbocycles. The zero-order chi connectivity index (χ0) is 21.5. The second-order valence-electron chi connectivity index (χ2n) is 7.52. The number of hydrogen-bond donors (Lipinski definition) is 1. The Morgan fingerprint density at radius 1 is 1.32 bits per heavy atom. The Labute approximate surface area is 177 Å². The fourth-order valence-corrected chi connectivity index (χ4v) is 3.88. The number of para-hydroxylation sites is 1. The predicted molar refractivity (Wildman–Crippen MR) is 116 cm³/mol. The molecule has 1 aliphatic rings. The molecule has 2 aromatic heterocycles. The number of ether oxygens (including phenoxy) is 2. The molecule has 1 atom stereocenters. The van der Waals surface area contributed by atoms with Crippen LogP contribution in [0.2, 0.25) is 0 Å². The first-order valence-electron chi connectivity index (χ1n) is 10.2. The molecule has 31 heavy (non-hydrogen) atoms. The van der Waals surface area contributed by atoms with Gasteiger partial charge in [0.25, 0.3) is 5.56 Å². The monoisotopic (exact) mass is 419 g/mol. The molecule has 1 aliphatic heterocycles. The van der Waals surface area contributed by atoms with Gasteiger partial charge in [0.05, 0.1) is 18.6 Å². The number of carbonyl (C=O) groups excluding carboxylic acids is 1. The van der Waals surface area contributed by atoms with Crippen molar-refractivity contribution in [3.8, 4) is 11.5 Å². The maximum Gasteiger partial charge on any atom is 0.297 e. The van der Waals surface area contributed by atoms with Gasteiger partial charge in [0.2, 0.25) is 11.5 Å². The number of amides is 1. The number of benzene rings is 2. The molecule has 0 spiro atoms. The summed E-state index contributed by atoms with van der Waals surface area (Å²) in [6.07, 6.45) is 2.24. The van der Waals surface area contributed by atoms with Crippen molar-refractivity contribution >= 4 is 33.7 Å². The molecule has 0 aliphatic carbocycles. The minimum Gasteiger partial charge on any atom is -0.492 e. The number of nitrogens with one attached hydrogen (secondary N) is 1. The van der Waals surface area contributed by atoms with Gasteiger partial charge in [0, 0.05) is 23.4 Å². The molecule has 0 unspecified atom stereocenters. The molecule has 5 rings (SSSR count). The lowest BCUT2D eigenvalue weighted by Gasteiger charge is -2.14. The van der Waals surface area contributed by atoms with E-state index in [0.29, 0.717) is 29.1 Å². The van der Waals surface area contributed by atoms with Gasteiger partial charge in [-0.05, 0) is 32.0 Å². The van der Waals surface area contributed by atoms with Gasteiger partial charge in [-0.2, -0.15) is 0 Å². The summed E-state index contributed by atoms with van der Waals surface area (Å²) in [6, 6.07) is 11.0. The highest BCUT2D eigenvalue weighted by Crippen LogP contribution is 2.38. The Kier molecular flexibility index (Phi) is 4.62. The molecule has 0 radical (unpaired) electrons. The van der Waals surface area contributed by atoms with Gasteiger partial charge < -0.3 is 19.2 Å². The predicted octanol–water partition coefficient (Wildman–Crippen LogP) is 3.50. The molecular weight excluding hydrogens is 398 g/mol. The number of aromatic nitrogens is 2. The number of rotatable bonds is 5. The Balaban J connectivity index is 1.43. The Bertz CT molecular complexity index is 1370. The molecule has 158 valence electrons. The summed E-state index contributed by atoms with van der Waals surface area (Å²) in [6.45, 7) is 4.13. The lowest BCUT2D eigenvalue weighted by molar-refractivity contribution is -0.116. The zero-order valence-corrected chi connectivity index (χ0v) is 17.2. The van der Waals surface area contributed by atoms with Crippen molar-refractivity contribution in [1.82, 2.24) is 9.55 Å². The SMILES string of the molecule is CCOc1cc2c(cc1NC(=O)Cn1cnc3c(oc4ccccc43)c1=O)O[C@H](C)C2. The topological polar surface area (TPSA) is 95.6 Å². The summed E-state index contributed by atoms with van der Waals surface area (Å²) < 4.78 is 18.4. The fraction of sp³-hybridized carbons (Fsp3) is 0.261. The van der Waals surface area contributed by atoms with Gasteiger partial charge >= 0.3 is 0 Å². The summed E-state index contributed by atoms with van der Waals surface area (Å²) in [5.74, 6) is 0.922. The van der Waals surface area contributed by atoms with Crippen LogP contribution in [0.15, 0.2) is 51.9 Å². The maximum atomic E-state index is 12.8. The van der Waals surface area contributed by atoms with Crippen LogP contribution in [0.5, 0.6) is 11.5 Å². The molecule has 8 nitrogen and oxygen atoms in total. The molecule has 3 heterocycles. The van der Waals surface area contributed by atoms with E-state index < -0.39 is 5.56 Å². The highest BCUT2D eigenvalue weighted by molar-refractivity contribution is 6.01. The van der Waals surface area contributed by atoms with E-state index in [4.69, 9.17) is 13.9 Å². The van der Waals surface area contributed by atoms with Gasteiger partial charge in [0.15, 0.2) is 0 Å². The average Bonchev–Trinajstić information content (AvgIpc) is 3.30. The Morgan fingerprint density at radius 2 is 2.16 bits per heavy atom. The number of hydrogen-bond acceptors (Lipinski definition) is 6. The zero-order valence-electron chi connectivity index (χ0n) is 17.2. The van der Waals surface area contributed by atoms with Crippen LogP contribution < -0.4 is 20.3 Å². The van der Waals surface area contributed by atoms with E-state index in [2.05, 4.69) is 10.3 Å². The molecule has 8 heteroatoms. The van der Waals surface area contributed by atoms with Crippen LogP contribution >= 0.6 is 0 Å². The van der Waals surface area contributed by atoms with Crippen molar-refractivity contribution in [2.75, 3.05) is 11.9 Å². The molecule has 1 amide bonds. The number of anilines is 1. The van der Waals surface area contributed by atoms with Crippen molar-refractivity contribution in [3.63, 3.8) is 0 Å². The van der Waals surface area contributed by atoms with E-state index in [9.17, 15) is 9.59 Å². The van der Waals surface area contributed by atoms with Gasteiger partial charge in [-0.15, -0.1) is 0 Å². The van der Waals surface area contributed by atoms with Crippen molar-refractivity contribution in [2.45, 2.75) is 32.9 Å². The standard InChI is InChI=1S/C23H21N3O5/c1-3-29-19-9-14-8-13(2)30-18(14)10-16(19)25-20(27)11-26-12-24-21-15-6-4-5-7-17(15)31-22(21)23(26)28/h4-7,9-10,12-13H,3,8,11H2,1-2H3,(H,25,27)/t13-/m1/s1. The van der Waals surface area contributed by atoms with Crippen LogP contribution in [-0.2, 0) is 17.8 Å². The molecule has 4 aromatic rings. The number of fused-ring (bicyclic) bond motifs is 4. The van der Waals surface area contributed by atoms with Gasteiger partial charge in [-0.3, -0.25) is 14.2 Å². The maximum absolute atomic E-state index is 12.8. The van der Waals surface area contributed by atoms with Crippen LogP contribution in [0.1, 0.15) is 19.4 Å². The number of carbonyl (C=O) groups is 1. The summed E-state index contributed by atoms with van der Waals surface area (Å²) in [5.41, 5.74) is 2.34. The number of furan rings is 1. The van der Waals surface area contributed by atoms with Crippen LogP contribution in [0.25, 0.3) is 22.1 Å². The molecule has 0 bridgehead atoms. The Morgan fingerprint density at radius 3 is 3.00 bits per heavy atom. The smallest absolute Gasteiger partial charge is 0.297 e. The van der Waals surface area contributed by atoms with Gasteiger partial charge in [-0.1, -0.05) is 12.1 Å². The third-order valence-corrected chi connectivity index (χ3v) is 5.24. The highest BCUT2D eigenvalue weighted by atomic mass is 16.5. The molecule has 0 fully saturated rings. The lowest BCUT2D eigenvalue weighted by atomic mass is 10.1. The summed E-state index contributed by atoms with van der Waals surface area (Å²) in [5, 5.41) is 3.59. The van der Waals surface area contributed by atoms with Crippen molar-refractivity contribution in [2.24, 2.45) is 0 Å². The van der Waals surface area contributed by atoms with Crippen molar-refractivity contribution in [1.29, 1.82) is 0 Å². The van der Waals surface area contributed by atoms with E-state index in [-0.39, 0.29) is 24.1 Å². The van der Waals surface area contributed by atoms with E-state index in [0.717, 1.165) is 23.1 Å². The first kappa shape index (κ1) is 19.2. The number of nitrogens with zero attached hydrogens (tertiary/aromatic N) is 2. The second-order valence-corrected chi connectivity index (χ2v) is 7.52.